The van der Waals surface area contributed by atoms with Gasteiger partial charge in [0, 0.05) is 43.0 Å². The highest BCUT2D eigenvalue weighted by atomic mass is 16.2. The number of primary amides is 1. The first kappa shape index (κ1) is 24.3. The standard InChI is InChI=1S/C30H27N7O2/c1-30(2,28(31)38)21-7-9-22(10-8-21)37-27-23-13-18(5-12-25(23)33-16-26(27)36(4)29(37)39)19-6-11-24(32-14-19)20-15-34-35(3)17-20/h5-17H,1-4H3,(H2,31,38). The first-order chi connectivity index (χ1) is 18.6. The highest BCUT2D eigenvalue weighted by Gasteiger charge is 2.27. The van der Waals surface area contributed by atoms with Crippen molar-refractivity contribution < 1.29 is 4.79 Å². The summed E-state index contributed by atoms with van der Waals surface area (Å²) in [6.07, 6.45) is 7.28. The molecule has 0 bridgehead atoms. The summed E-state index contributed by atoms with van der Waals surface area (Å²) in [6, 6.07) is 17.4. The number of fused-ring (bicyclic) bond motifs is 3. The molecule has 2 N–H and O–H groups in total. The zero-order chi connectivity index (χ0) is 27.5. The molecular weight excluding hydrogens is 490 g/mol. The summed E-state index contributed by atoms with van der Waals surface area (Å²) in [5, 5.41) is 5.07. The molecule has 4 aromatic heterocycles. The number of nitrogens with two attached hydrogens (primary N) is 1. The van der Waals surface area contributed by atoms with Gasteiger partial charge in [-0.25, -0.2) is 4.79 Å². The van der Waals surface area contributed by atoms with E-state index in [1.54, 1.807) is 47.1 Å². The summed E-state index contributed by atoms with van der Waals surface area (Å²) in [7, 11) is 3.62. The van der Waals surface area contributed by atoms with Gasteiger partial charge in [0.1, 0.15) is 0 Å². The number of carbonyl (C=O) groups excluding carboxylic acids is 1. The van der Waals surface area contributed by atoms with Crippen LogP contribution in [0.4, 0.5) is 0 Å². The maximum Gasteiger partial charge on any atom is 0.333 e. The Morgan fingerprint density at radius 3 is 2.26 bits per heavy atom. The number of benzene rings is 2. The molecule has 6 rings (SSSR count). The van der Waals surface area contributed by atoms with Crippen molar-refractivity contribution in [3.05, 3.63) is 95.4 Å². The third-order valence-corrected chi connectivity index (χ3v) is 7.44. The van der Waals surface area contributed by atoms with Gasteiger partial charge in [-0.2, -0.15) is 5.10 Å². The van der Waals surface area contributed by atoms with E-state index >= 15 is 0 Å². The van der Waals surface area contributed by atoms with Crippen LogP contribution in [0.15, 0.2) is 84.2 Å². The molecule has 0 aliphatic carbocycles. The molecule has 39 heavy (non-hydrogen) atoms. The first-order valence-corrected chi connectivity index (χ1v) is 12.5. The topological polar surface area (TPSA) is 114 Å². The van der Waals surface area contributed by atoms with Crippen LogP contribution < -0.4 is 11.4 Å². The smallest absolute Gasteiger partial charge is 0.333 e. The number of rotatable bonds is 5. The Morgan fingerprint density at radius 2 is 1.62 bits per heavy atom. The zero-order valence-electron chi connectivity index (χ0n) is 22.1. The van der Waals surface area contributed by atoms with Gasteiger partial charge in [-0.1, -0.05) is 24.3 Å². The van der Waals surface area contributed by atoms with Crippen molar-refractivity contribution >= 4 is 27.8 Å². The molecular formula is C30H27N7O2. The number of amides is 1. The normalized spacial score (nSPS) is 11.9. The molecule has 0 aliphatic heterocycles. The number of aryl methyl sites for hydroxylation is 2. The lowest BCUT2D eigenvalue weighted by atomic mass is 9.84. The summed E-state index contributed by atoms with van der Waals surface area (Å²) < 4.78 is 5.03. The largest absolute Gasteiger partial charge is 0.369 e. The van der Waals surface area contributed by atoms with Gasteiger partial charge < -0.3 is 5.73 Å². The number of hydrogen-bond acceptors (Lipinski definition) is 5. The summed E-state index contributed by atoms with van der Waals surface area (Å²) in [5.41, 5.74) is 12.0. The number of aromatic nitrogens is 6. The number of hydrogen-bond donors (Lipinski definition) is 1. The summed E-state index contributed by atoms with van der Waals surface area (Å²) in [6.45, 7) is 3.57. The van der Waals surface area contributed by atoms with Crippen LogP contribution in [0.25, 0.3) is 50.0 Å². The molecule has 2 aromatic carbocycles. The minimum Gasteiger partial charge on any atom is -0.369 e. The van der Waals surface area contributed by atoms with Crippen molar-refractivity contribution in [2.24, 2.45) is 19.8 Å². The third kappa shape index (κ3) is 3.90. The van der Waals surface area contributed by atoms with E-state index in [1.165, 1.54) is 0 Å². The minimum atomic E-state index is -0.825. The van der Waals surface area contributed by atoms with E-state index in [0.29, 0.717) is 5.69 Å². The lowest BCUT2D eigenvalue weighted by Gasteiger charge is -2.21. The monoisotopic (exact) mass is 517 g/mol. The zero-order valence-corrected chi connectivity index (χ0v) is 22.1. The molecule has 0 spiro atoms. The van der Waals surface area contributed by atoms with Crippen molar-refractivity contribution in [3.8, 4) is 28.1 Å². The Hall–Kier alpha value is -5.05. The van der Waals surface area contributed by atoms with E-state index in [1.807, 2.05) is 74.0 Å². The van der Waals surface area contributed by atoms with Gasteiger partial charge in [0.15, 0.2) is 0 Å². The Morgan fingerprint density at radius 1 is 0.872 bits per heavy atom. The van der Waals surface area contributed by atoms with Crippen LogP contribution in [0.5, 0.6) is 0 Å². The second kappa shape index (κ2) is 8.76. The molecule has 9 heteroatoms. The SMILES string of the molecule is Cn1cc(-c2ccc(-c3ccc4ncc5c(c4c3)n(-c3ccc(C(C)(C)C(N)=O)cc3)c(=O)n5C)cn2)cn1. The van der Waals surface area contributed by atoms with Crippen LogP contribution in [0, 0.1) is 0 Å². The number of nitrogens with zero attached hydrogens (tertiary/aromatic N) is 6. The van der Waals surface area contributed by atoms with Gasteiger partial charge in [-0.3, -0.25) is 28.6 Å². The Balaban J connectivity index is 1.50. The molecule has 0 radical (unpaired) electrons. The molecule has 9 nitrogen and oxygen atoms in total. The van der Waals surface area contributed by atoms with Crippen molar-refractivity contribution in [2.45, 2.75) is 19.3 Å². The molecule has 0 fully saturated rings. The lowest BCUT2D eigenvalue weighted by Crippen LogP contribution is -2.35. The highest BCUT2D eigenvalue weighted by Crippen LogP contribution is 2.31. The molecule has 0 atom stereocenters. The average Bonchev–Trinajstić information content (AvgIpc) is 3.49. The predicted octanol–water partition coefficient (Wildman–Crippen LogP) is 4.10. The number of pyridine rings is 2. The molecule has 4 heterocycles. The number of carbonyl (C=O) groups is 1. The second-order valence-electron chi connectivity index (χ2n) is 10.3. The van der Waals surface area contributed by atoms with E-state index in [4.69, 9.17) is 5.73 Å². The van der Waals surface area contributed by atoms with Gasteiger partial charge in [0.25, 0.3) is 0 Å². The van der Waals surface area contributed by atoms with E-state index in [2.05, 4.69) is 15.1 Å². The Kier molecular flexibility index (Phi) is 5.46. The average molecular weight is 518 g/mol. The van der Waals surface area contributed by atoms with Crippen LogP contribution in [0.2, 0.25) is 0 Å². The molecule has 6 aromatic rings. The van der Waals surface area contributed by atoms with Gasteiger partial charge >= 0.3 is 5.69 Å². The van der Waals surface area contributed by atoms with Crippen LogP contribution in [-0.4, -0.2) is 34.8 Å². The van der Waals surface area contributed by atoms with Crippen LogP contribution in [0.3, 0.4) is 0 Å². The van der Waals surface area contributed by atoms with Crippen molar-refractivity contribution in [1.82, 2.24) is 28.9 Å². The lowest BCUT2D eigenvalue weighted by molar-refractivity contribution is -0.122. The Labute approximate surface area is 224 Å². The van der Waals surface area contributed by atoms with Crippen molar-refractivity contribution in [1.29, 1.82) is 0 Å². The highest BCUT2D eigenvalue weighted by molar-refractivity contribution is 6.04. The third-order valence-electron chi connectivity index (χ3n) is 7.44. The molecule has 1 amide bonds. The quantitative estimate of drug-likeness (QED) is 0.370. The fourth-order valence-electron chi connectivity index (χ4n) is 4.87. The van der Waals surface area contributed by atoms with E-state index in [9.17, 15) is 9.59 Å². The van der Waals surface area contributed by atoms with Crippen LogP contribution in [0.1, 0.15) is 19.4 Å². The van der Waals surface area contributed by atoms with Gasteiger partial charge in [0.05, 0.1) is 45.7 Å². The second-order valence-corrected chi connectivity index (χ2v) is 10.3. The van der Waals surface area contributed by atoms with Crippen molar-refractivity contribution in [2.75, 3.05) is 0 Å². The minimum absolute atomic E-state index is 0.186. The first-order valence-electron chi connectivity index (χ1n) is 12.5. The summed E-state index contributed by atoms with van der Waals surface area (Å²) in [4.78, 5) is 34.7. The maximum absolute atomic E-state index is 13.5. The van der Waals surface area contributed by atoms with Crippen molar-refractivity contribution in [3.63, 3.8) is 0 Å². The molecule has 0 aliphatic rings. The molecule has 0 saturated carbocycles. The van der Waals surface area contributed by atoms with E-state index < -0.39 is 11.3 Å². The summed E-state index contributed by atoms with van der Waals surface area (Å²) in [5.74, 6) is -0.412. The van der Waals surface area contributed by atoms with Gasteiger partial charge in [-0.05, 0) is 55.3 Å². The van der Waals surface area contributed by atoms with E-state index in [-0.39, 0.29) is 5.69 Å². The summed E-state index contributed by atoms with van der Waals surface area (Å²) >= 11 is 0. The van der Waals surface area contributed by atoms with E-state index in [0.717, 1.165) is 49.9 Å². The fourth-order valence-corrected chi connectivity index (χ4v) is 4.87. The maximum atomic E-state index is 13.5. The predicted molar refractivity (Wildman–Crippen MR) is 151 cm³/mol. The Bertz CT molecular complexity index is 1940. The molecule has 194 valence electrons. The molecule has 0 saturated heterocycles. The number of imidazole rings is 1. The van der Waals surface area contributed by atoms with Crippen LogP contribution in [-0.2, 0) is 24.3 Å². The molecule has 0 unspecified atom stereocenters. The fraction of sp³-hybridized carbons (Fsp3) is 0.167. The van der Waals surface area contributed by atoms with Gasteiger partial charge in [0.2, 0.25) is 5.91 Å². The van der Waals surface area contributed by atoms with Crippen LogP contribution >= 0.6 is 0 Å². The van der Waals surface area contributed by atoms with Gasteiger partial charge in [-0.15, -0.1) is 0 Å².